The number of allylic oxidation sites excluding steroid dienone is 5. The van der Waals surface area contributed by atoms with Gasteiger partial charge in [-0.25, -0.2) is 0 Å². The van der Waals surface area contributed by atoms with E-state index in [2.05, 4.69) is 36.3 Å². The van der Waals surface area contributed by atoms with Crippen LogP contribution in [0.25, 0.3) is 10.9 Å². The summed E-state index contributed by atoms with van der Waals surface area (Å²) in [7, 11) is 0. The van der Waals surface area contributed by atoms with E-state index in [1.807, 2.05) is 49.5 Å². The molecule has 3 aliphatic rings. The zero-order valence-corrected chi connectivity index (χ0v) is 22.7. The van der Waals surface area contributed by atoms with Crippen molar-refractivity contribution in [1.29, 1.82) is 0 Å². The maximum atomic E-state index is 14.2. The molecule has 38 heavy (non-hydrogen) atoms. The molecule has 0 saturated carbocycles. The first-order valence-corrected chi connectivity index (χ1v) is 13.8. The Morgan fingerprint density at radius 2 is 1.84 bits per heavy atom. The third kappa shape index (κ3) is 4.29. The van der Waals surface area contributed by atoms with E-state index in [4.69, 9.17) is 0 Å². The monoisotopic (exact) mass is 514 g/mol. The summed E-state index contributed by atoms with van der Waals surface area (Å²) in [4.78, 5) is 44.3. The van der Waals surface area contributed by atoms with Gasteiger partial charge in [-0.15, -0.1) is 0 Å². The predicted molar refractivity (Wildman–Crippen MR) is 148 cm³/mol. The van der Waals surface area contributed by atoms with Crippen LogP contribution in [-0.2, 0) is 20.8 Å². The van der Waals surface area contributed by atoms with Gasteiger partial charge in [-0.2, -0.15) is 0 Å². The molecule has 1 amide bonds. The van der Waals surface area contributed by atoms with Crippen molar-refractivity contribution in [3.63, 3.8) is 0 Å². The molecule has 1 aromatic carbocycles. The van der Waals surface area contributed by atoms with Gasteiger partial charge < -0.3 is 15.4 Å². The Balaban J connectivity index is 1.58. The Bertz CT molecular complexity index is 1360. The van der Waals surface area contributed by atoms with Gasteiger partial charge in [-0.1, -0.05) is 61.9 Å². The van der Waals surface area contributed by atoms with Crippen LogP contribution in [-0.4, -0.2) is 39.7 Å². The number of H-pyrrole nitrogens is 1. The minimum absolute atomic E-state index is 0.0135. The molecule has 3 N–H and O–H groups in total. The second kappa shape index (κ2) is 10.1. The highest BCUT2D eigenvalue weighted by Crippen LogP contribution is 2.55. The van der Waals surface area contributed by atoms with E-state index < -0.39 is 11.5 Å². The molecule has 6 nitrogen and oxygen atoms in total. The number of ketones is 2. The largest absolute Gasteiger partial charge is 0.385 e. The maximum Gasteiger partial charge on any atom is 0.235 e. The average Bonchev–Trinajstić information content (AvgIpc) is 3.43. The van der Waals surface area contributed by atoms with Crippen molar-refractivity contribution in [3.8, 4) is 0 Å². The number of hydrogen-bond acceptors (Lipinski definition) is 4. The molecule has 2 heterocycles. The van der Waals surface area contributed by atoms with Crippen molar-refractivity contribution in [1.82, 2.24) is 10.3 Å². The summed E-state index contributed by atoms with van der Waals surface area (Å²) >= 11 is 0. The van der Waals surface area contributed by atoms with Gasteiger partial charge in [0, 0.05) is 41.4 Å². The molecule has 1 spiro atoms. The number of amides is 1. The van der Waals surface area contributed by atoms with Crippen LogP contribution >= 0.6 is 0 Å². The number of Topliss-reactive ketones (excluding diaryl/α,β-unsaturated/α-hetero) is 2. The summed E-state index contributed by atoms with van der Waals surface area (Å²) in [5.41, 5.74) is 2.58. The van der Waals surface area contributed by atoms with E-state index in [0.717, 1.165) is 16.5 Å². The molecule has 1 fully saturated rings. The fourth-order valence-corrected chi connectivity index (χ4v) is 7.12. The first-order valence-electron chi connectivity index (χ1n) is 13.8. The highest BCUT2D eigenvalue weighted by molar-refractivity contribution is 6.09. The standard InChI is InChI=1S/C32H38N2O4/c1-18-8-7-9-23-15-19(2)21(4)29-26(16-22-17-33-25-11-6-5-10-24(22)25)34-31(38)32(23,29)28(36)13-12-27(35)30(37)20(3)14-18/h5-7,9-11,14-15,17-18,21,23,26-27,29,33,35H,8,12-13,16H2,1-4H3,(H,34,38)/b9-7+,20-14+/t18-,21+,23-,26-,27-,29-,32+/m0/s1. The number of nitrogens with one attached hydrogen (secondary N) is 2. The van der Waals surface area contributed by atoms with E-state index in [0.29, 0.717) is 18.4 Å². The number of carbonyl (C=O) groups excluding carboxylic acids is 3. The van der Waals surface area contributed by atoms with Crippen molar-refractivity contribution >= 4 is 28.4 Å². The van der Waals surface area contributed by atoms with Gasteiger partial charge in [0.15, 0.2) is 5.78 Å². The van der Waals surface area contributed by atoms with Gasteiger partial charge in [-0.3, -0.25) is 14.4 Å². The van der Waals surface area contributed by atoms with Crippen molar-refractivity contribution in [2.24, 2.45) is 29.1 Å². The molecule has 200 valence electrons. The lowest BCUT2D eigenvalue weighted by Gasteiger charge is -2.44. The number of para-hydroxylation sites is 1. The molecule has 1 aromatic heterocycles. The van der Waals surface area contributed by atoms with Crippen LogP contribution in [0.5, 0.6) is 0 Å². The topological polar surface area (TPSA) is 99.3 Å². The number of benzene rings is 1. The number of fused-ring (bicyclic) bond motifs is 1. The molecule has 1 aliphatic heterocycles. The maximum absolute atomic E-state index is 14.2. The SMILES string of the molecule is CC1=C[C@@H]2/C=C/C[C@H](C)/C=C(\C)C(=O)[C@@H](O)CCC(=O)[C@]23C(=O)N[C@@H](Cc2c[nH]c4ccccc24)[C@@H]3[C@@H]1C. The van der Waals surface area contributed by atoms with E-state index >= 15 is 0 Å². The predicted octanol–water partition coefficient (Wildman–Crippen LogP) is 4.85. The van der Waals surface area contributed by atoms with Gasteiger partial charge in [0.1, 0.15) is 17.3 Å². The van der Waals surface area contributed by atoms with Crippen LogP contribution in [0.2, 0.25) is 0 Å². The fourth-order valence-electron chi connectivity index (χ4n) is 7.12. The third-order valence-electron chi connectivity index (χ3n) is 9.17. The van der Waals surface area contributed by atoms with Crippen LogP contribution in [0.4, 0.5) is 0 Å². The van der Waals surface area contributed by atoms with Crippen LogP contribution in [0, 0.1) is 29.1 Å². The highest BCUT2D eigenvalue weighted by atomic mass is 16.3. The summed E-state index contributed by atoms with van der Waals surface area (Å²) in [6, 6.07) is 7.90. The Labute approximate surface area is 224 Å². The molecule has 1 saturated heterocycles. The van der Waals surface area contributed by atoms with E-state index in [1.54, 1.807) is 6.92 Å². The second-order valence-corrected chi connectivity index (χ2v) is 11.6. The quantitative estimate of drug-likeness (QED) is 0.394. The molecule has 2 aromatic rings. The lowest BCUT2D eigenvalue weighted by atomic mass is 9.54. The average molecular weight is 515 g/mol. The van der Waals surface area contributed by atoms with Crippen LogP contribution in [0.3, 0.4) is 0 Å². The molecule has 0 bridgehead atoms. The van der Waals surface area contributed by atoms with Gasteiger partial charge in [0.05, 0.1) is 0 Å². The summed E-state index contributed by atoms with van der Waals surface area (Å²) in [6.07, 6.45) is 10.1. The van der Waals surface area contributed by atoms with Gasteiger partial charge in [0.25, 0.3) is 0 Å². The Hall–Kier alpha value is -3.25. The minimum Gasteiger partial charge on any atom is -0.385 e. The Kier molecular flexibility index (Phi) is 7.03. The second-order valence-electron chi connectivity index (χ2n) is 11.6. The van der Waals surface area contributed by atoms with Crippen LogP contribution in [0.15, 0.2) is 65.9 Å². The van der Waals surface area contributed by atoms with E-state index in [9.17, 15) is 19.5 Å². The minimum atomic E-state index is -1.27. The Morgan fingerprint density at radius 1 is 1.08 bits per heavy atom. The smallest absolute Gasteiger partial charge is 0.235 e. The number of rotatable bonds is 2. The molecule has 5 rings (SSSR count). The van der Waals surface area contributed by atoms with Crippen LogP contribution < -0.4 is 5.32 Å². The molecule has 0 radical (unpaired) electrons. The summed E-state index contributed by atoms with van der Waals surface area (Å²) in [5.74, 6) is -1.29. The number of aromatic nitrogens is 1. The number of hydrogen-bond donors (Lipinski definition) is 3. The first-order chi connectivity index (χ1) is 18.1. The summed E-state index contributed by atoms with van der Waals surface area (Å²) in [5, 5.41) is 15.0. The van der Waals surface area contributed by atoms with Gasteiger partial charge >= 0.3 is 0 Å². The fraction of sp³-hybridized carbons (Fsp3) is 0.469. The molecule has 0 unspecified atom stereocenters. The number of aliphatic hydroxyl groups is 1. The molecular weight excluding hydrogens is 476 g/mol. The first kappa shape index (κ1) is 26.4. The number of carbonyl (C=O) groups is 3. The molecule has 6 heteroatoms. The zero-order chi connectivity index (χ0) is 27.2. The summed E-state index contributed by atoms with van der Waals surface area (Å²) in [6.45, 7) is 7.95. The third-order valence-corrected chi connectivity index (χ3v) is 9.17. The van der Waals surface area contributed by atoms with Gasteiger partial charge in [-0.05, 0) is 62.1 Å². The number of aromatic amines is 1. The lowest BCUT2D eigenvalue weighted by Crippen LogP contribution is -2.52. The van der Waals surface area contributed by atoms with Crippen molar-refractivity contribution in [2.75, 3.05) is 0 Å². The van der Waals surface area contributed by atoms with Crippen LogP contribution in [0.1, 0.15) is 52.5 Å². The summed E-state index contributed by atoms with van der Waals surface area (Å²) < 4.78 is 0. The van der Waals surface area contributed by atoms with E-state index in [1.165, 1.54) is 5.57 Å². The highest BCUT2D eigenvalue weighted by Gasteiger charge is 2.65. The van der Waals surface area contributed by atoms with Gasteiger partial charge in [0.2, 0.25) is 5.91 Å². The molecular formula is C32H38N2O4. The van der Waals surface area contributed by atoms with Crippen molar-refractivity contribution < 1.29 is 19.5 Å². The molecule has 7 atom stereocenters. The van der Waals surface area contributed by atoms with E-state index in [-0.39, 0.29) is 60.0 Å². The zero-order valence-electron chi connectivity index (χ0n) is 22.7. The normalized spacial score (nSPS) is 36.6. The Morgan fingerprint density at radius 3 is 2.63 bits per heavy atom. The van der Waals surface area contributed by atoms with Crippen molar-refractivity contribution in [3.05, 3.63) is 71.5 Å². The lowest BCUT2D eigenvalue weighted by molar-refractivity contribution is -0.145. The number of aliphatic hydroxyl groups excluding tert-OH is 1. The van der Waals surface area contributed by atoms with Crippen molar-refractivity contribution in [2.45, 2.75) is 65.5 Å². The molecule has 2 aliphatic carbocycles.